The molecule has 2 aromatic rings. The third kappa shape index (κ3) is 3.93. The lowest BCUT2D eigenvalue weighted by molar-refractivity contribution is -0.237. The molecular weight excluding hydrogens is 260 g/mol. The fourth-order valence-corrected chi connectivity index (χ4v) is 2.92. The lowest BCUT2D eigenvalue weighted by atomic mass is 9.98. The zero-order valence-electron chi connectivity index (χ0n) is 12.4. The Kier molecular flexibility index (Phi) is 4.69. The van der Waals surface area contributed by atoms with Crippen molar-refractivity contribution in [2.75, 3.05) is 0 Å². The Morgan fingerprint density at radius 1 is 0.905 bits per heavy atom. The van der Waals surface area contributed by atoms with E-state index in [4.69, 9.17) is 9.47 Å². The van der Waals surface area contributed by atoms with Crippen molar-refractivity contribution in [1.82, 2.24) is 0 Å². The molecule has 3 rings (SSSR count). The van der Waals surface area contributed by atoms with Crippen molar-refractivity contribution >= 4 is 0 Å². The summed E-state index contributed by atoms with van der Waals surface area (Å²) < 4.78 is 11.9. The Balaban J connectivity index is 1.61. The molecule has 1 heterocycles. The summed E-state index contributed by atoms with van der Waals surface area (Å²) in [6, 6.07) is 21.0. The quantitative estimate of drug-likeness (QED) is 0.821. The molecule has 0 aromatic heterocycles. The van der Waals surface area contributed by atoms with Crippen molar-refractivity contribution in [2.45, 2.75) is 44.7 Å². The van der Waals surface area contributed by atoms with Crippen LogP contribution in [0.15, 0.2) is 60.7 Å². The van der Waals surface area contributed by atoms with Crippen molar-refractivity contribution in [1.29, 1.82) is 0 Å². The van der Waals surface area contributed by atoms with Gasteiger partial charge < -0.3 is 9.47 Å². The van der Waals surface area contributed by atoms with Crippen molar-refractivity contribution in [3.63, 3.8) is 0 Å². The van der Waals surface area contributed by atoms with E-state index in [2.05, 4.69) is 54.6 Å². The molecule has 0 bridgehead atoms. The van der Waals surface area contributed by atoms with E-state index < -0.39 is 0 Å². The molecule has 0 N–H and O–H groups in total. The summed E-state index contributed by atoms with van der Waals surface area (Å²) in [6.45, 7) is 1.99. The van der Waals surface area contributed by atoms with E-state index in [1.54, 1.807) is 0 Å². The molecular formula is C19H22O2. The maximum absolute atomic E-state index is 5.94. The predicted molar refractivity (Wildman–Crippen MR) is 84.0 cm³/mol. The second kappa shape index (κ2) is 6.88. The van der Waals surface area contributed by atoms with Gasteiger partial charge in [0.1, 0.15) is 0 Å². The Bertz CT molecular complexity index is 538. The lowest BCUT2D eigenvalue weighted by Gasteiger charge is -2.34. The fraction of sp³-hybridized carbons (Fsp3) is 0.368. The highest BCUT2D eigenvalue weighted by Gasteiger charge is 2.28. The minimum atomic E-state index is -0.135. The van der Waals surface area contributed by atoms with Crippen LogP contribution in [0.2, 0.25) is 0 Å². The van der Waals surface area contributed by atoms with Gasteiger partial charge >= 0.3 is 0 Å². The number of ether oxygens (including phenoxy) is 2. The first-order valence-corrected chi connectivity index (χ1v) is 7.71. The summed E-state index contributed by atoms with van der Waals surface area (Å²) in [6.07, 6.45) is 3.31. The molecule has 0 aliphatic carbocycles. The van der Waals surface area contributed by atoms with Crippen LogP contribution in [0.5, 0.6) is 0 Å². The highest BCUT2D eigenvalue weighted by atomic mass is 16.7. The molecule has 1 aliphatic rings. The molecule has 0 radical (unpaired) electrons. The molecule has 110 valence electrons. The van der Waals surface area contributed by atoms with Gasteiger partial charge in [-0.3, -0.25) is 0 Å². The average molecular weight is 282 g/mol. The van der Waals surface area contributed by atoms with Crippen LogP contribution >= 0.6 is 0 Å². The first kappa shape index (κ1) is 14.3. The normalized spacial score (nSPS) is 25.7. The van der Waals surface area contributed by atoms with Crippen molar-refractivity contribution < 1.29 is 9.47 Å². The van der Waals surface area contributed by atoms with E-state index in [9.17, 15) is 0 Å². The van der Waals surface area contributed by atoms with Crippen LogP contribution in [0.3, 0.4) is 0 Å². The molecule has 0 unspecified atom stereocenters. The summed E-state index contributed by atoms with van der Waals surface area (Å²) in [5.41, 5.74) is 2.62. The monoisotopic (exact) mass is 282 g/mol. The minimum Gasteiger partial charge on any atom is -0.350 e. The minimum absolute atomic E-state index is 0.135. The Hall–Kier alpha value is -1.64. The summed E-state index contributed by atoms with van der Waals surface area (Å²) in [5, 5.41) is 0. The topological polar surface area (TPSA) is 18.5 Å². The second-order valence-corrected chi connectivity index (χ2v) is 5.62. The van der Waals surface area contributed by atoms with Crippen LogP contribution in [0, 0.1) is 0 Å². The fourth-order valence-electron chi connectivity index (χ4n) is 2.92. The van der Waals surface area contributed by atoms with Crippen molar-refractivity contribution in [3.05, 3.63) is 71.8 Å². The Morgan fingerprint density at radius 2 is 1.57 bits per heavy atom. The van der Waals surface area contributed by atoms with Gasteiger partial charge in [-0.2, -0.15) is 0 Å². The lowest BCUT2D eigenvalue weighted by Crippen LogP contribution is -2.32. The standard InChI is InChI=1S/C19H22O2/c1-15-20-18(13-12-16-8-4-2-5-9-16)14-19(21-15)17-10-6-3-7-11-17/h2-11,15,18-19H,12-14H2,1H3/t15-,18-,19-/m1/s1. The van der Waals surface area contributed by atoms with Gasteiger partial charge in [-0.15, -0.1) is 0 Å². The van der Waals surface area contributed by atoms with Crippen LogP contribution in [0.4, 0.5) is 0 Å². The van der Waals surface area contributed by atoms with Gasteiger partial charge in [0.2, 0.25) is 0 Å². The van der Waals surface area contributed by atoms with E-state index in [1.807, 2.05) is 13.0 Å². The smallest absolute Gasteiger partial charge is 0.156 e. The Morgan fingerprint density at radius 3 is 2.29 bits per heavy atom. The van der Waals surface area contributed by atoms with Crippen molar-refractivity contribution in [3.8, 4) is 0 Å². The summed E-state index contributed by atoms with van der Waals surface area (Å²) >= 11 is 0. The van der Waals surface area contributed by atoms with Crippen LogP contribution in [0.1, 0.15) is 37.0 Å². The van der Waals surface area contributed by atoms with Crippen LogP contribution < -0.4 is 0 Å². The molecule has 0 amide bonds. The average Bonchev–Trinajstić information content (AvgIpc) is 2.54. The van der Waals surface area contributed by atoms with Gasteiger partial charge in [0.25, 0.3) is 0 Å². The highest BCUT2D eigenvalue weighted by molar-refractivity contribution is 5.18. The first-order valence-electron chi connectivity index (χ1n) is 7.71. The maximum Gasteiger partial charge on any atom is 0.156 e. The predicted octanol–water partition coefficient (Wildman–Crippen LogP) is 4.51. The molecule has 2 nitrogen and oxygen atoms in total. The second-order valence-electron chi connectivity index (χ2n) is 5.62. The number of benzene rings is 2. The van der Waals surface area contributed by atoms with Crippen LogP contribution in [-0.2, 0) is 15.9 Å². The summed E-state index contributed by atoms with van der Waals surface area (Å²) in [4.78, 5) is 0. The van der Waals surface area contributed by atoms with Gasteiger partial charge in [-0.05, 0) is 30.9 Å². The van der Waals surface area contributed by atoms with E-state index in [0.29, 0.717) is 0 Å². The van der Waals surface area contributed by atoms with Gasteiger partial charge in [0.05, 0.1) is 12.2 Å². The number of hydrogen-bond acceptors (Lipinski definition) is 2. The molecule has 1 saturated heterocycles. The van der Waals surface area contributed by atoms with Crippen LogP contribution in [-0.4, -0.2) is 12.4 Å². The van der Waals surface area contributed by atoms with Crippen molar-refractivity contribution in [2.24, 2.45) is 0 Å². The van der Waals surface area contributed by atoms with E-state index in [1.165, 1.54) is 11.1 Å². The molecule has 2 aromatic carbocycles. The molecule has 0 saturated carbocycles. The van der Waals surface area contributed by atoms with Gasteiger partial charge in [0.15, 0.2) is 6.29 Å². The summed E-state index contributed by atoms with van der Waals surface area (Å²) in [5.74, 6) is 0. The largest absolute Gasteiger partial charge is 0.350 e. The molecule has 0 spiro atoms. The van der Waals surface area contributed by atoms with Gasteiger partial charge in [0, 0.05) is 6.42 Å². The zero-order chi connectivity index (χ0) is 14.5. The number of rotatable bonds is 4. The van der Waals surface area contributed by atoms with E-state index >= 15 is 0 Å². The molecule has 3 atom stereocenters. The number of aryl methyl sites for hydroxylation is 1. The van der Waals surface area contributed by atoms with Crippen LogP contribution in [0.25, 0.3) is 0 Å². The Labute approximate surface area is 126 Å². The van der Waals surface area contributed by atoms with E-state index in [0.717, 1.165) is 19.3 Å². The first-order chi connectivity index (χ1) is 10.3. The molecule has 1 aliphatic heterocycles. The zero-order valence-corrected chi connectivity index (χ0v) is 12.4. The molecule has 2 heteroatoms. The third-order valence-corrected chi connectivity index (χ3v) is 3.99. The molecule has 1 fully saturated rings. The highest BCUT2D eigenvalue weighted by Crippen LogP contribution is 2.32. The molecule has 21 heavy (non-hydrogen) atoms. The van der Waals surface area contributed by atoms with E-state index in [-0.39, 0.29) is 18.5 Å². The SMILES string of the molecule is C[C@@H]1O[C@H](CCc2ccccc2)C[C@H](c2ccccc2)O1. The van der Waals surface area contributed by atoms with Gasteiger partial charge in [-0.1, -0.05) is 60.7 Å². The third-order valence-electron chi connectivity index (χ3n) is 3.99. The maximum atomic E-state index is 5.94. The summed E-state index contributed by atoms with van der Waals surface area (Å²) in [7, 11) is 0. The number of hydrogen-bond donors (Lipinski definition) is 0. The van der Waals surface area contributed by atoms with Gasteiger partial charge in [-0.25, -0.2) is 0 Å².